The van der Waals surface area contributed by atoms with Gasteiger partial charge < -0.3 is 5.11 Å². The van der Waals surface area contributed by atoms with Gasteiger partial charge in [0.15, 0.2) is 0 Å². The van der Waals surface area contributed by atoms with Crippen LogP contribution in [0.15, 0.2) is 60.8 Å². The van der Waals surface area contributed by atoms with Crippen LogP contribution in [0.2, 0.25) is 0 Å². The van der Waals surface area contributed by atoms with Crippen molar-refractivity contribution in [1.29, 1.82) is 0 Å². The summed E-state index contributed by atoms with van der Waals surface area (Å²) in [6.45, 7) is 6.91. The van der Waals surface area contributed by atoms with Crippen molar-refractivity contribution in [3.05, 3.63) is 60.8 Å². The first-order valence-electron chi connectivity index (χ1n) is 10.6. The molecule has 1 fully saturated rings. The zero-order valence-corrected chi connectivity index (χ0v) is 17.2. The van der Waals surface area contributed by atoms with E-state index in [9.17, 15) is 5.11 Å². The number of aliphatic hydroxyl groups is 1. The third kappa shape index (κ3) is 8.36. The molecule has 0 amide bonds. The van der Waals surface area contributed by atoms with Gasteiger partial charge in [0.25, 0.3) is 0 Å². The van der Waals surface area contributed by atoms with E-state index in [1.54, 1.807) is 0 Å². The van der Waals surface area contributed by atoms with Crippen LogP contribution in [0.25, 0.3) is 0 Å². The third-order valence-electron chi connectivity index (χ3n) is 5.33. The Morgan fingerprint density at radius 2 is 1.15 bits per heavy atom. The maximum Gasteiger partial charge on any atom is 0.0473 e. The summed E-state index contributed by atoms with van der Waals surface area (Å²) >= 11 is 0. The van der Waals surface area contributed by atoms with Gasteiger partial charge in [0.05, 0.1) is 0 Å². The molecule has 1 saturated carbocycles. The molecule has 0 saturated heterocycles. The van der Waals surface area contributed by atoms with Crippen molar-refractivity contribution >= 4 is 0 Å². The van der Waals surface area contributed by atoms with Crippen molar-refractivity contribution in [2.75, 3.05) is 6.61 Å². The van der Waals surface area contributed by atoms with E-state index in [0.717, 1.165) is 51.4 Å². The first kappa shape index (κ1) is 22.7. The van der Waals surface area contributed by atoms with Gasteiger partial charge in [-0.05, 0) is 68.6 Å². The van der Waals surface area contributed by atoms with E-state index in [1.807, 2.05) is 0 Å². The fourth-order valence-corrected chi connectivity index (χ4v) is 3.51. The van der Waals surface area contributed by atoms with Crippen molar-refractivity contribution in [2.45, 2.75) is 72.1 Å². The Kier molecular flexibility index (Phi) is 12.1. The molecule has 0 bridgehead atoms. The topological polar surface area (TPSA) is 20.2 Å². The SMILES string of the molecule is CCC=CCCC=CCCC=CC1C(CO)C1(C)C=CCCC=CCC. The van der Waals surface area contributed by atoms with E-state index in [4.69, 9.17) is 0 Å². The van der Waals surface area contributed by atoms with Crippen molar-refractivity contribution in [3.63, 3.8) is 0 Å². The van der Waals surface area contributed by atoms with Crippen LogP contribution in [-0.4, -0.2) is 11.7 Å². The van der Waals surface area contributed by atoms with Crippen LogP contribution in [0.4, 0.5) is 0 Å². The highest BCUT2D eigenvalue weighted by Gasteiger charge is 2.57. The van der Waals surface area contributed by atoms with Gasteiger partial charge in [0, 0.05) is 6.61 Å². The van der Waals surface area contributed by atoms with Crippen molar-refractivity contribution < 1.29 is 5.11 Å². The fraction of sp³-hybridized carbons (Fsp3) is 0.600. The van der Waals surface area contributed by atoms with E-state index < -0.39 is 0 Å². The van der Waals surface area contributed by atoms with E-state index in [2.05, 4.69) is 81.5 Å². The molecular formula is C25H40O. The van der Waals surface area contributed by atoms with Crippen LogP contribution in [-0.2, 0) is 0 Å². The summed E-state index contributed by atoms with van der Waals surface area (Å²) in [5.74, 6) is 0.889. The molecule has 0 aromatic heterocycles. The first-order valence-corrected chi connectivity index (χ1v) is 10.6. The minimum Gasteiger partial charge on any atom is -0.396 e. The largest absolute Gasteiger partial charge is 0.396 e. The number of unbranched alkanes of at least 4 members (excludes halogenated alkanes) is 3. The van der Waals surface area contributed by atoms with Crippen LogP contribution >= 0.6 is 0 Å². The second-order valence-corrected chi connectivity index (χ2v) is 7.47. The number of aliphatic hydroxyl groups excluding tert-OH is 1. The molecule has 0 radical (unpaired) electrons. The highest BCUT2D eigenvalue weighted by Crippen LogP contribution is 2.60. The fourth-order valence-electron chi connectivity index (χ4n) is 3.51. The highest BCUT2D eigenvalue weighted by atomic mass is 16.3. The van der Waals surface area contributed by atoms with Crippen LogP contribution in [0, 0.1) is 17.3 Å². The predicted molar refractivity (Wildman–Crippen MR) is 116 cm³/mol. The lowest BCUT2D eigenvalue weighted by Gasteiger charge is -2.03. The Hall–Kier alpha value is -1.34. The molecule has 3 atom stereocenters. The quantitative estimate of drug-likeness (QED) is 0.258. The van der Waals surface area contributed by atoms with E-state index in [0.29, 0.717) is 11.8 Å². The molecule has 1 rings (SSSR count). The second kappa shape index (κ2) is 13.8. The van der Waals surface area contributed by atoms with E-state index >= 15 is 0 Å². The van der Waals surface area contributed by atoms with Crippen LogP contribution in [0.5, 0.6) is 0 Å². The summed E-state index contributed by atoms with van der Waals surface area (Å²) in [5, 5.41) is 9.65. The van der Waals surface area contributed by atoms with Gasteiger partial charge in [-0.3, -0.25) is 0 Å². The monoisotopic (exact) mass is 356 g/mol. The molecule has 1 aliphatic rings. The molecule has 0 heterocycles. The summed E-state index contributed by atoms with van der Waals surface area (Å²) < 4.78 is 0. The Morgan fingerprint density at radius 1 is 0.692 bits per heavy atom. The average molecular weight is 357 g/mol. The lowest BCUT2D eigenvalue weighted by molar-refractivity contribution is 0.260. The highest BCUT2D eigenvalue weighted by molar-refractivity contribution is 5.24. The number of hydrogen-bond donors (Lipinski definition) is 1. The molecule has 1 aliphatic carbocycles. The van der Waals surface area contributed by atoms with Gasteiger partial charge in [0.2, 0.25) is 0 Å². The summed E-state index contributed by atoms with van der Waals surface area (Å²) in [6, 6.07) is 0. The van der Waals surface area contributed by atoms with Crippen LogP contribution in [0.3, 0.4) is 0 Å². The Morgan fingerprint density at radius 3 is 1.65 bits per heavy atom. The van der Waals surface area contributed by atoms with Crippen LogP contribution < -0.4 is 0 Å². The summed E-state index contributed by atoms with van der Waals surface area (Å²) in [5.41, 5.74) is 0.154. The lowest BCUT2D eigenvalue weighted by atomic mass is 10.0. The number of hydrogen-bond acceptors (Lipinski definition) is 1. The molecule has 146 valence electrons. The molecule has 0 spiro atoms. The van der Waals surface area contributed by atoms with Gasteiger partial charge in [-0.25, -0.2) is 0 Å². The standard InChI is InChI=1S/C25H40O/c1-4-6-8-10-12-13-14-15-16-18-20-23-24(22-26)25(23,3)21-19-17-11-9-7-5-2/h6-9,13-14,18-21,23-24,26H,4-5,10-12,15-17,22H2,1-3H3. The van der Waals surface area contributed by atoms with Crippen LogP contribution in [0.1, 0.15) is 72.1 Å². The molecule has 1 nitrogen and oxygen atoms in total. The third-order valence-corrected chi connectivity index (χ3v) is 5.33. The van der Waals surface area contributed by atoms with Crippen molar-refractivity contribution in [2.24, 2.45) is 17.3 Å². The van der Waals surface area contributed by atoms with Gasteiger partial charge >= 0.3 is 0 Å². The minimum atomic E-state index is 0.154. The van der Waals surface area contributed by atoms with Crippen molar-refractivity contribution in [3.8, 4) is 0 Å². The summed E-state index contributed by atoms with van der Waals surface area (Å²) in [4.78, 5) is 0. The molecule has 0 aromatic carbocycles. The van der Waals surface area contributed by atoms with E-state index in [1.165, 1.54) is 0 Å². The predicted octanol–water partition coefficient (Wildman–Crippen LogP) is 7.17. The molecule has 0 aliphatic heterocycles. The molecule has 1 heteroatoms. The Labute approximate surface area is 162 Å². The smallest absolute Gasteiger partial charge is 0.0473 e. The molecular weight excluding hydrogens is 316 g/mol. The summed E-state index contributed by atoms with van der Waals surface area (Å²) in [7, 11) is 0. The first-order chi connectivity index (χ1) is 12.7. The maximum atomic E-state index is 9.65. The summed E-state index contributed by atoms with van der Waals surface area (Å²) in [6.07, 6.45) is 31.8. The van der Waals surface area contributed by atoms with Gasteiger partial charge in [-0.1, -0.05) is 81.5 Å². The van der Waals surface area contributed by atoms with Gasteiger partial charge in [-0.2, -0.15) is 0 Å². The lowest BCUT2D eigenvalue weighted by Crippen LogP contribution is -1.96. The van der Waals surface area contributed by atoms with Gasteiger partial charge in [0.1, 0.15) is 0 Å². The Balaban J connectivity index is 2.26. The maximum absolute atomic E-state index is 9.65. The molecule has 26 heavy (non-hydrogen) atoms. The minimum absolute atomic E-state index is 0.154. The molecule has 0 aromatic rings. The molecule has 3 unspecified atom stereocenters. The second-order valence-electron chi connectivity index (χ2n) is 7.47. The Bertz CT molecular complexity index is 494. The zero-order chi connectivity index (χ0) is 19.1. The normalized spacial score (nSPS) is 26.5. The van der Waals surface area contributed by atoms with Crippen molar-refractivity contribution in [1.82, 2.24) is 0 Å². The molecule has 1 N–H and O–H groups in total. The number of rotatable bonds is 14. The van der Waals surface area contributed by atoms with E-state index in [-0.39, 0.29) is 12.0 Å². The zero-order valence-electron chi connectivity index (χ0n) is 17.2. The average Bonchev–Trinajstić information content (AvgIpc) is 3.22. The van der Waals surface area contributed by atoms with Gasteiger partial charge in [-0.15, -0.1) is 0 Å². The number of allylic oxidation sites excluding steroid dienone is 10.